The Kier molecular flexibility index (Phi) is 4.81. The fourth-order valence-corrected chi connectivity index (χ4v) is 4.12. The summed E-state index contributed by atoms with van der Waals surface area (Å²) in [6, 6.07) is 11.9. The molecule has 4 aromatic heterocycles. The van der Waals surface area contributed by atoms with Gasteiger partial charge in [0.05, 0.1) is 36.0 Å². The summed E-state index contributed by atoms with van der Waals surface area (Å²) in [5, 5.41) is 10.6. The molecule has 9 heteroatoms. The van der Waals surface area contributed by atoms with Crippen molar-refractivity contribution in [2.75, 3.05) is 0 Å². The average molecular weight is 433 g/mol. The number of unbranched alkanes of at least 4 members (excludes halogenated alkanes) is 1. The van der Waals surface area contributed by atoms with Gasteiger partial charge < -0.3 is 8.98 Å². The Morgan fingerprint density at radius 1 is 1.10 bits per heavy atom. The van der Waals surface area contributed by atoms with Gasteiger partial charge in [0.15, 0.2) is 0 Å². The van der Waals surface area contributed by atoms with Gasteiger partial charge in [0.2, 0.25) is 0 Å². The molecule has 0 N–H and O–H groups in total. The van der Waals surface area contributed by atoms with E-state index in [1.54, 1.807) is 23.0 Å². The van der Waals surface area contributed by atoms with Crippen LogP contribution in [0.1, 0.15) is 18.5 Å². The lowest BCUT2D eigenvalue weighted by Gasteiger charge is -2.11. The monoisotopic (exact) mass is 432 g/mol. The Hall–Kier alpha value is -3.83. The van der Waals surface area contributed by atoms with Crippen LogP contribution in [0, 0.1) is 11.3 Å². The summed E-state index contributed by atoms with van der Waals surface area (Å²) >= 11 is 6.19. The van der Waals surface area contributed by atoms with E-state index in [4.69, 9.17) is 21.3 Å². The Bertz CT molecular complexity index is 1490. The lowest BCUT2D eigenvalue weighted by molar-refractivity contribution is 0.522. The van der Waals surface area contributed by atoms with E-state index in [2.05, 4.69) is 20.6 Å². The highest BCUT2D eigenvalue weighted by Crippen LogP contribution is 2.26. The fourth-order valence-electron chi connectivity index (χ4n) is 3.94. The minimum Gasteiger partial charge on any atom is -0.431 e. The number of hydrogen-bond acceptors (Lipinski definition) is 5. The largest absolute Gasteiger partial charge is 0.431 e. The number of rotatable bonds is 6. The number of oxazole rings is 1. The van der Waals surface area contributed by atoms with E-state index in [1.165, 1.54) is 17.0 Å². The van der Waals surface area contributed by atoms with Crippen molar-refractivity contribution in [3.05, 3.63) is 76.4 Å². The van der Waals surface area contributed by atoms with Crippen LogP contribution in [0.25, 0.3) is 28.0 Å². The van der Waals surface area contributed by atoms with E-state index in [9.17, 15) is 4.79 Å². The van der Waals surface area contributed by atoms with Crippen LogP contribution in [0.2, 0.25) is 5.02 Å². The summed E-state index contributed by atoms with van der Waals surface area (Å²) in [5.41, 5.74) is 3.03. The Morgan fingerprint density at radius 3 is 2.81 bits per heavy atom. The molecule has 0 saturated heterocycles. The average Bonchev–Trinajstić information content (AvgIpc) is 3.46. The number of aryl methyl sites for hydroxylation is 1. The normalized spacial score (nSPS) is 11.4. The van der Waals surface area contributed by atoms with Gasteiger partial charge in [-0.15, -0.1) is 0 Å². The quantitative estimate of drug-likeness (QED) is 0.376. The second-order valence-corrected chi connectivity index (χ2v) is 7.57. The molecule has 5 rings (SSSR count). The molecule has 0 aliphatic heterocycles. The van der Waals surface area contributed by atoms with Crippen molar-refractivity contribution >= 4 is 33.5 Å². The zero-order valence-electron chi connectivity index (χ0n) is 16.4. The Morgan fingerprint density at radius 2 is 2.00 bits per heavy atom. The molecule has 31 heavy (non-hydrogen) atoms. The summed E-state index contributed by atoms with van der Waals surface area (Å²) < 4.78 is 10.6. The topological polar surface area (TPSA) is 94.6 Å². The molecule has 0 radical (unpaired) electrons. The van der Waals surface area contributed by atoms with Gasteiger partial charge in [0.1, 0.15) is 6.26 Å². The maximum absolute atomic E-state index is 13.4. The molecule has 0 saturated carbocycles. The number of nitriles is 1. The number of halogens is 1. The predicted octanol–water partition coefficient (Wildman–Crippen LogP) is 4.14. The van der Waals surface area contributed by atoms with Crippen molar-refractivity contribution in [3.8, 4) is 12.1 Å². The van der Waals surface area contributed by atoms with E-state index >= 15 is 0 Å². The SMILES string of the molecule is N#CCCCn1c(Cn2c(=O)n(-c3ncco3)c3ccncc32)cc2cc(Cl)ccc21. The molecule has 0 aliphatic carbocycles. The Balaban J connectivity index is 1.67. The third-order valence-electron chi connectivity index (χ3n) is 5.28. The molecule has 0 unspecified atom stereocenters. The molecule has 1 aromatic carbocycles. The third-order valence-corrected chi connectivity index (χ3v) is 5.52. The van der Waals surface area contributed by atoms with Gasteiger partial charge in [-0.2, -0.15) is 5.26 Å². The maximum atomic E-state index is 13.4. The highest BCUT2D eigenvalue weighted by atomic mass is 35.5. The zero-order chi connectivity index (χ0) is 21.4. The number of imidazole rings is 1. The smallest absolute Gasteiger partial charge is 0.337 e. The van der Waals surface area contributed by atoms with E-state index in [-0.39, 0.29) is 11.7 Å². The molecule has 0 atom stereocenters. The highest BCUT2D eigenvalue weighted by molar-refractivity contribution is 6.31. The second kappa shape index (κ2) is 7.78. The molecule has 0 fully saturated rings. The van der Waals surface area contributed by atoms with Crippen LogP contribution in [0.3, 0.4) is 0 Å². The van der Waals surface area contributed by atoms with E-state index in [0.29, 0.717) is 42.0 Å². The van der Waals surface area contributed by atoms with Crippen molar-refractivity contribution < 1.29 is 4.42 Å². The lowest BCUT2D eigenvalue weighted by Crippen LogP contribution is -2.24. The minimum atomic E-state index is -0.266. The van der Waals surface area contributed by atoms with Crippen molar-refractivity contribution in [2.24, 2.45) is 0 Å². The zero-order valence-corrected chi connectivity index (χ0v) is 17.2. The van der Waals surface area contributed by atoms with Gasteiger partial charge in [-0.1, -0.05) is 11.6 Å². The molecular formula is C22H17ClN6O2. The minimum absolute atomic E-state index is 0.210. The molecule has 0 amide bonds. The van der Waals surface area contributed by atoms with Crippen molar-refractivity contribution in [1.29, 1.82) is 5.26 Å². The van der Waals surface area contributed by atoms with Gasteiger partial charge in [0, 0.05) is 40.8 Å². The number of pyridine rings is 1. The third kappa shape index (κ3) is 3.29. The first-order chi connectivity index (χ1) is 15.2. The number of benzene rings is 1. The highest BCUT2D eigenvalue weighted by Gasteiger charge is 2.19. The summed E-state index contributed by atoms with van der Waals surface area (Å²) in [4.78, 5) is 21.7. The van der Waals surface area contributed by atoms with Gasteiger partial charge >= 0.3 is 11.7 Å². The summed E-state index contributed by atoms with van der Waals surface area (Å²) in [6.07, 6.45) is 7.40. The van der Waals surface area contributed by atoms with E-state index in [1.807, 2.05) is 24.3 Å². The first kappa shape index (κ1) is 19.2. The van der Waals surface area contributed by atoms with Gasteiger partial charge in [-0.3, -0.25) is 9.55 Å². The van der Waals surface area contributed by atoms with Crippen LogP contribution < -0.4 is 5.69 Å². The molecule has 4 heterocycles. The van der Waals surface area contributed by atoms with E-state index in [0.717, 1.165) is 16.6 Å². The summed E-state index contributed by atoms with van der Waals surface area (Å²) in [7, 11) is 0. The van der Waals surface area contributed by atoms with Crippen LogP contribution in [0.4, 0.5) is 0 Å². The standard InChI is InChI=1S/C22H17ClN6O2/c23-16-3-4-18-15(11-16)12-17(27(18)9-2-1-6-24)14-28-20-13-25-7-5-19(20)29(22(28)30)21-26-8-10-31-21/h3-5,7-8,10-13H,1-2,9,14H2. The second-order valence-electron chi connectivity index (χ2n) is 7.14. The van der Waals surface area contributed by atoms with Crippen molar-refractivity contribution in [1.82, 2.24) is 23.7 Å². The van der Waals surface area contributed by atoms with Crippen LogP contribution in [-0.2, 0) is 13.1 Å². The van der Waals surface area contributed by atoms with Gasteiger partial charge in [-0.05, 0) is 36.8 Å². The van der Waals surface area contributed by atoms with Crippen LogP contribution in [-0.4, -0.2) is 23.7 Å². The molecule has 5 aromatic rings. The maximum Gasteiger partial charge on any atom is 0.337 e. The van der Waals surface area contributed by atoms with Gasteiger partial charge in [0.25, 0.3) is 0 Å². The lowest BCUT2D eigenvalue weighted by atomic mass is 10.2. The van der Waals surface area contributed by atoms with Gasteiger partial charge in [-0.25, -0.2) is 14.3 Å². The van der Waals surface area contributed by atoms with E-state index < -0.39 is 0 Å². The number of fused-ring (bicyclic) bond motifs is 2. The van der Waals surface area contributed by atoms with Crippen LogP contribution >= 0.6 is 11.6 Å². The summed E-state index contributed by atoms with van der Waals surface area (Å²) in [6.45, 7) is 0.993. The number of hydrogen-bond donors (Lipinski definition) is 0. The van der Waals surface area contributed by atoms with Crippen LogP contribution in [0.15, 0.2) is 64.4 Å². The number of aromatic nitrogens is 5. The molecule has 0 bridgehead atoms. The van der Waals surface area contributed by atoms with Crippen molar-refractivity contribution in [2.45, 2.75) is 25.9 Å². The fraction of sp³-hybridized carbons (Fsp3) is 0.182. The molecule has 0 aliphatic rings. The number of nitrogens with zero attached hydrogens (tertiary/aromatic N) is 6. The summed E-state index contributed by atoms with van der Waals surface area (Å²) in [5.74, 6) is 0. The Labute approximate surface area is 181 Å². The molecule has 0 spiro atoms. The first-order valence-corrected chi connectivity index (χ1v) is 10.1. The predicted molar refractivity (Wildman–Crippen MR) is 116 cm³/mol. The van der Waals surface area contributed by atoms with Crippen molar-refractivity contribution in [3.63, 3.8) is 0 Å². The molecule has 8 nitrogen and oxygen atoms in total. The van der Waals surface area contributed by atoms with Crippen LogP contribution in [0.5, 0.6) is 0 Å². The molecule has 154 valence electrons. The molecular weight excluding hydrogens is 416 g/mol. The first-order valence-electron chi connectivity index (χ1n) is 9.77.